The van der Waals surface area contributed by atoms with Crippen molar-refractivity contribution in [2.45, 2.75) is 0 Å². The molecule has 0 bridgehead atoms. The van der Waals surface area contributed by atoms with Crippen LogP contribution >= 0.6 is 0 Å². The summed E-state index contributed by atoms with van der Waals surface area (Å²) in [6.45, 7) is 0. The molecule has 0 atom stereocenters. The van der Waals surface area contributed by atoms with Crippen LogP contribution in [0.15, 0.2) is 364 Å². The van der Waals surface area contributed by atoms with E-state index in [9.17, 15) is 0 Å². The summed E-state index contributed by atoms with van der Waals surface area (Å²) in [6, 6.07) is 128. The van der Waals surface area contributed by atoms with Crippen molar-refractivity contribution in [3.05, 3.63) is 465 Å². The second kappa shape index (κ2) is 28.0. The van der Waals surface area contributed by atoms with E-state index in [1.165, 1.54) is 0 Å². The summed E-state index contributed by atoms with van der Waals surface area (Å²) in [5.74, 6) is 1.80. The lowest BCUT2D eigenvalue weighted by molar-refractivity contribution is 0.966. The molecule has 0 radical (unpaired) electrons. The first-order valence-electron chi connectivity index (χ1n) is 33.5. The van der Waals surface area contributed by atoms with E-state index in [1.54, 1.807) is 0 Å². The second-order valence-corrected chi connectivity index (χ2v) is 24.3. The Bertz CT molecular complexity index is 4820. The van der Waals surface area contributed by atoms with Gasteiger partial charge in [-0.3, -0.25) is 0 Å². The number of aromatic nitrogens is 6. The Morgan fingerprint density at radius 1 is 0.162 bits per heavy atom. The van der Waals surface area contributed by atoms with Gasteiger partial charge in [-0.1, -0.05) is 364 Å². The minimum absolute atomic E-state index is 0.601. The molecule has 0 saturated heterocycles. The maximum atomic E-state index is 6.13. The van der Waals surface area contributed by atoms with Gasteiger partial charge in [-0.05, 0) is 137 Å². The van der Waals surface area contributed by atoms with Gasteiger partial charge in [-0.2, -0.15) is 0 Å². The average molecular weight is 1270 g/mol. The summed E-state index contributed by atoms with van der Waals surface area (Å²) in [5.41, 5.74) is 23.1. The molecule has 4 heterocycles. The van der Waals surface area contributed by atoms with E-state index in [-0.39, 0.29) is 0 Å². The molecule has 6 nitrogen and oxygen atoms in total. The fraction of sp³-hybridized carbons (Fsp3) is 0. The average Bonchev–Trinajstić information content (AvgIpc) is 1.54. The quantitative estimate of drug-likeness (QED) is 0.0860. The minimum Gasteiger partial charge on any atom is -0.247 e. The van der Waals surface area contributed by atoms with E-state index < -0.39 is 0 Å². The summed E-state index contributed by atoms with van der Waals surface area (Å²) in [6.07, 6.45) is 13.8. The number of hydrogen-bond acceptors (Lipinski definition) is 3. The first-order chi connectivity index (χ1) is 49.1. The van der Waals surface area contributed by atoms with E-state index in [0.717, 1.165) is 134 Å². The van der Waals surface area contributed by atoms with E-state index in [0.29, 0.717) is 17.3 Å². The lowest BCUT2D eigenvalue weighted by atomic mass is 9.95. The van der Waals surface area contributed by atoms with Gasteiger partial charge in [0.25, 0.3) is 0 Å². The number of nitrogens with zero attached hydrogens (tertiary/aromatic N) is 6. The van der Waals surface area contributed by atoms with Crippen LogP contribution in [0.3, 0.4) is 0 Å². The molecule has 0 aliphatic carbocycles. The van der Waals surface area contributed by atoms with Crippen molar-refractivity contribution < 1.29 is 0 Å². The number of benzene rings is 12. The van der Waals surface area contributed by atoms with Gasteiger partial charge in [0.2, 0.25) is 17.3 Å². The molecule has 16 rings (SSSR count). The number of fused-ring (bicyclic) bond motifs is 6. The van der Waals surface area contributed by atoms with Crippen molar-refractivity contribution in [2.75, 3.05) is 0 Å². The summed E-state index contributed by atoms with van der Waals surface area (Å²) in [7, 11) is 0. The summed E-state index contributed by atoms with van der Waals surface area (Å²) >= 11 is 0. The van der Waals surface area contributed by atoms with Crippen molar-refractivity contribution in [1.29, 1.82) is 0 Å². The van der Waals surface area contributed by atoms with E-state index in [4.69, 9.17) is 15.0 Å². The molecule has 6 heteroatoms. The van der Waals surface area contributed by atoms with Crippen LogP contribution in [-0.2, 0) is 0 Å². The molecule has 0 unspecified atom stereocenters. The summed E-state index contributed by atoms with van der Waals surface area (Å²) < 4.78 is 6.86. The maximum absolute atomic E-state index is 6.13. The lowest BCUT2D eigenvalue weighted by Crippen LogP contribution is -2.07. The number of hydrogen-bond donors (Lipinski definition) is 0. The van der Waals surface area contributed by atoms with Crippen molar-refractivity contribution >= 4 is 87.2 Å². The highest BCUT2D eigenvalue weighted by molar-refractivity contribution is 6.01. The zero-order valence-electron chi connectivity index (χ0n) is 54.3. The van der Waals surface area contributed by atoms with Gasteiger partial charge in [0.15, 0.2) is 0 Å². The molecule has 16 aromatic rings. The predicted molar refractivity (Wildman–Crippen MR) is 412 cm³/mol. The van der Waals surface area contributed by atoms with Gasteiger partial charge in [0, 0.05) is 0 Å². The molecule has 0 amide bonds. The van der Waals surface area contributed by atoms with Crippen LogP contribution in [0.5, 0.6) is 0 Å². The molecule has 0 aliphatic heterocycles. The van der Waals surface area contributed by atoms with Gasteiger partial charge in [-0.15, -0.1) is 0 Å². The third-order valence-electron chi connectivity index (χ3n) is 18.1. The summed E-state index contributed by atoms with van der Waals surface area (Å²) in [5, 5.41) is 0. The third kappa shape index (κ3) is 12.6. The van der Waals surface area contributed by atoms with Crippen LogP contribution < -0.4 is 0 Å². The Hall–Kier alpha value is -13.3. The zero-order chi connectivity index (χ0) is 66.1. The van der Waals surface area contributed by atoms with Gasteiger partial charge in [0.1, 0.15) is 0 Å². The SMILES string of the molecule is C(=C(c1ccccc1)c1ccccc1)c1nc2n(c1C=C(c1ccccc1)c1ccccc1)c1nc(C=C(c3ccccc3)c3ccccc3)c(C=C(c3ccccc3)c3ccccc3)n1c1nc(C=C(c3ccccc3)c3ccccc3)c(C=C(c3ccccc3)c3ccccc3)n21. The highest BCUT2D eigenvalue weighted by Gasteiger charge is 2.28. The molecule has 4 aromatic heterocycles. The van der Waals surface area contributed by atoms with Crippen LogP contribution in [0, 0.1) is 0 Å². The molecule has 468 valence electrons. The molecule has 0 spiro atoms. The zero-order valence-corrected chi connectivity index (χ0v) is 54.3. The third-order valence-corrected chi connectivity index (χ3v) is 18.1. The van der Waals surface area contributed by atoms with Gasteiger partial charge in [0.05, 0.1) is 34.2 Å². The van der Waals surface area contributed by atoms with Gasteiger partial charge < -0.3 is 0 Å². The minimum atomic E-state index is 0.601. The lowest BCUT2D eigenvalue weighted by Gasteiger charge is -2.13. The molecule has 99 heavy (non-hydrogen) atoms. The second-order valence-electron chi connectivity index (χ2n) is 24.3. The molecular formula is C93H66N6. The number of rotatable bonds is 18. The van der Waals surface area contributed by atoms with Crippen molar-refractivity contribution in [1.82, 2.24) is 28.2 Å². The standard InChI is InChI=1S/C93H66N6/c1-13-37-67(38-14-1)79(68-39-15-2-16-40-68)61-85-88(64-82(73-49-25-7-26-50-73)74-51-27-8-28-52-74)97-91(94-85)98-89(65-83(75-53-29-9-30-54-75)76-55-31-10-32-56-76)86(62-80(69-41-17-3-18-42-69)70-43-19-4-20-44-70)96-93(98)99-90(66-84(77-57-33-11-34-58-77)78-59-35-12-36-60-78)87(95-92(97)99)63-81(71-45-21-5-22-46-71)72-47-23-6-24-48-72/h1-66H. The van der Waals surface area contributed by atoms with Crippen LogP contribution in [-0.4, -0.2) is 28.2 Å². The highest BCUT2D eigenvalue weighted by atomic mass is 15.3. The fourth-order valence-corrected chi connectivity index (χ4v) is 13.3. The molecule has 0 N–H and O–H groups in total. The van der Waals surface area contributed by atoms with E-state index >= 15 is 0 Å². The van der Waals surface area contributed by atoms with Gasteiger partial charge in [-0.25, -0.2) is 28.2 Å². The van der Waals surface area contributed by atoms with Crippen LogP contribution in [0.25, 0.3) is 87.2 Å². The summed E-state index contributed by atoms with van der Waals surface area (Å²) in [4.78, 5) is 18.4. The van der Waals surface area contributed by atoms with Crippen LogP contribution in [0.4, 0.5) is 0 Å². The van der Waals surface area contributed by atoms with Crippen molar-refractivity contribution in [2.24, 2.45) is 0 Å². The normalized spacial score (nSPS) is 11.0. The smallest absolute Gasteiger partial charge is 0.225 e. The van der Waals surface area contributed by atoms with E-state index in [2.05, 4.69) is 414 Å². The first-order valence-corrected chi connectivity index (χ1v) is 33.5. The van der Waals surface area contributed by atoms with Gasteiger partial charge >= 0.3 is 0 Å². The topological polar surface area (TPSA) is 51.9 Å². The van der Waals surface area contributed by atoms with Crippen LogP contribution in [0.1, 0.15) is 101 Å². The molecular weight excluding hydrogens is 1200 g/mol. The molecule has 12 aromatic carbocycles. The Morgan fingerprint density at radius 3 is 0.414 bits per heavy atom. The van der Waals surface area contributed by atoms with Crippen molar-refractivity contribution in [3.8, 4) is 0 Å². The van der Waals surface area contributed by atoms with Crippen molar-refractivity contribution in [3.63, 3.8) is 0 Å². The Labute approximate surface area is 576 Å². The molecule has 0 fully saturated rings. The Morgan fingerprint density at radius 2 is 0.283 bits per heavy atom. The first kappa shape index (κ1) is 60.6. The van der Waals surface area contributed by atoms with Crippen LogP contribution in [0.2, 0.25) is 0 Å². The predicted octanol–water partition coefficient (Wildman–Crippen LogP) is 22.2. The Balaban J connectivity index is 1.18. The Kier molecular flexibility index (Phi) is 17.1. The fourth-order valence-electron chi connectivity index (χ4n) is 13.3. The highest BCUT2D eigenvalue weighted by Crippen LogP contribution is 2.40. The molecule has 0 saturated carbocycles. The monoisotopic (exact) mass is 1270 g/mol. The molecule has 0 aliphatic rings. The maximum Gasteiger partial charge on any atom is 0.225 e. The number of imidazole rings is 3. The largest absolute Gasteiger partial charge is 0.247 e. The van der Waals surface area contributed by atoms with E-state index in [1.807, 2.05) is 0 Å².